The van der Waals surface area contributed by atoms with Gasteiger partial charge in [0.05, 0.1) is 27.4 Å². The predicted octanol–water partition coefficient (Wildman–Crippen LogP) is 1.79. The molecule has 0 aliphatic carbocycles. The summed E-state index contributed by atoms with van der Waals surface area (Å²) in [5.74, 6) is 1.50. The topological polar surface area (TPSA) is 68.8 Å². The van der Waals surface area contributed by atoms with Gasteiger partial charge in [-0.1, -0.05) is 6.42 Å². The molecule has 1 amide bonds. The smallest absolute Gasteiger partial charge is 0.241 e. The molecular formula is C15H22N2O4. The summed E-state index contributed by atoms with van der Waals surface area (Å²) >= 11 is 0. The van der Waals surface area contributed by atoms with E-state index in [1.54, 1.807) is 33.5 Å². The lowest BCUT2D eigenvalue weighted by molar-refractivity contribution is -0.118. The summed E-state index contributed by atoms with van der Waals surface area (Å²) in [5.41, 5.74) is 0.627. The van der Waals surface area contributed by atoms with E-state index in [1.807, 2.05) is 0 Å². The number of carbonyl (C=O) groups is 1. The molecule has 1 atom stereocenters. The highest BCUT2D eigenvalue weighted by Crippen LogP contribution is 2.39. The number of ether oxygens (including phenoxy) is 3. The minimum atomic E-state index is -0.141. The fraction of sp³-hybridized carbons (Fsp3) is 0.533. The van der Waals surface area contributed by atoms with Crippen LogP contribution in [0.15, 0.2) is 12.1 Å². The van der Waals surface area contributed by atoms with Crippen LogP contribution < -0.4 is 24.8 Å². The van der Waals surface area contributed by atoms with Crippen molar-refractivity contribution in [1.29, 1.82) is 0 Å². The number of hydrogen-bond donors (Lipinski definition) is 2. The molecule has 1 fully saturated rings. The number of hydrogen-bond acceptors (Lipinski definition) is 5. The molecule has 0 bridgehead atoms. The van der Waals surface area contributed by atoms with E-state index in [9.17, 15) is 4.79 Å². The molecule has 2 N–H and O–H groups in total. The Morgan fingerprint density at radius 3 is 2.29 bits per heavy atom. The van der Waals surface area contributed by atoms with Crippen molar-refractivity contribution in [2.75, 3.05) is 33.2 Å². The Kier molecular flexibility index (Phi) is 5.27. The van der Waals surface area contributed by atoms with Crippen molar-refractivity contribution in [3.8, 4) is 17.2 Å². The minimum absolute atomic E-state index is 0.0380. The van der Waals surface area contributed by atoms with E-state index in [0.29, 0.717) is 22.9 Å². The van der Waals surface area contributed by atoms with Crippen LogP contribution in [0.3, 0.4) is 0 Å². The molecule has 1 heterocycles. The Labute approximate surface area is 124 Å². The number of rotatable bonds is 5. The average molecular weight is 294 g/mol. The van der Waals surface area contributed by atoms with Crippen LogP contribution in [0.5, 0.6) is 17.2 Å². The number of piperidine rings is 1. The summed E-state index contributed by atoms with van der Waals surface area (Å²) in [6.45, 7) is 0.882. The fourth-order valence-corrected chi connectivity index (χ4v) is 2.46. The highest BCUT2D eigenvalue weighted by molar-refractivity contribution is 5.95. The zero-order chi connectivity index (χ0) is 15.2. The molecule has 1 aliphatic heterocycles. The van der Waals surface area contributed by atoms with Crippen molar-refractivity contribution in [2.45, 2.75) is 25.3 Å². The minimum Gasteiger partial charge on any atom is -0.493 e. The van der Waals surface area contributed by atoms with Gasteiger partial charge in [0.25, 0.3) is 0 Å². The van der Waals surface area contributed by atoms with Crippen LogP contribution >= 0.6 is 0 Å². The van der Waals surface area contributed by atoms with Crippen molar-refractivity contribution in [1.82, 2.24) is 5.32 Å². The molecule has 0 aromatic heterocycles. The van der Waals surface area contributed by atoms with Gasteiger partial charge in [0, 0.05) is 17.8 Å². The maximum atomic E-state index is 12.2. The van der Waals surface area contributed by atoms with Gasteiger partial charge in [-0.3, -0.25) is 4.79 Å². The number of carbonyl (C=O) groups excluding carboxylic acids is 1. The second kappa shape index (κ2) is 7.17. The van der Waals surface area contributed by atoms with Gasteiger partial charge in [-0.2, -0.15) is 0 Å². The zero-order valence-corrected chi connectivity index (χ0v) is 12.7. The molecule has 1 unspecified atom stereocenters. The van der Waals surface area contributed by atoms with Crippen LogP contribution in [0.4, 0.5) is 5.69 Å². The van der Waals surface area contributed by atoms with Crippen LogP contribution in [0.1, 0.15) is 19.3 Å². The average Bonchev–Trinajstić information content (AvgIpc) is 2.54. The number of methoxy groups -OCH3 is 3. The molecule has 116 valence electrons. The molecule has 1 aromatic carbocycles. The number of nitrogens with one attached hydrogen (secondary N) is 2. The Morgan fingerprint density at radius 1 is 1.14 bits per heavy atom. The van der Waals surface area contributed by atoms with Crippen molar-refractivity contribution in [3.63, 3.8) is 0 Å². The van der Waals surface area contributed by atoms with E-state index in [0.717, 1.165) is 25.8 Å². The summed E-state index contributed by atoms with van der Waals surface area (Å²) < 4.78 is 15.8. The molecule has 0 saturated carbocycles. The van der Waals surface area contributed by atoms with Gasteiger partial charge in [0.1, 0.15) is 0 Å². The monoisotopic (exact) mass is 294 g/mol. The number of amides is 1. The molecule has 6 heteroatoms. The van der Waals surface area contributed by atoms with Crippen molar-refractivity contribution in [3.05, 3.63) is 12.1 Å². The van der Waals surface area contributed by atoms with Crippen LogP contribution in [0, 0.1) is 0 Å². The maximum Gasteiger partial charge on any atom is 0.241 e. The second-order valence-electron chi connectivity index (χ2n) is 4.91. The first kappa shape index (κ1) is 15.4. The molecule has 0 spiro atoms. The van der Waals surface area contributed by atoms with Gasteiger partial charge in [0.2, 0.25) is 11.7 Å². The van der Waals surface area contributed by atoms with E-state index in [2.05, 4.69) is 10.6 Å². The normalized spacial score (nSPS) is 18.0. The van der Waals surface area contributed by atoms with E-state index >= 15 is 0 Å². The van der Waals surface area contributed by atoms with E-state index in [1.165, 1.54) is 0 Å². The van der Waals surface area contributed by atoms with Crippen LogP contribution in [0.2, 0.25) is 0 Å². The molecule has 1 aliphatic rings. The third-order valence-electron chi connectivity index (χ3n) is 3.56. The van der Waals surface area contributed by atoms with Crippen LogP contribution in [0.25, 0.3) is 0 Å². The van der Waals surface area contributed by atoms with E-state index in [4.69, 9.17) is 14.2 Å². The molecule has 1 saturated heterocycles. The molecule has 1 aromatic rings. The Hall–Kier alpha value is -1.95. The molecule has 21 heavy (non-hydrogen) atoms. The van der Waals surface area contributed by atoms with E-state index in [-0.39, 0.29) is 11.9 Å². The SMILES string of the molecule is COc1cc(NC(=O)C2CCCCN2)cc(OC)c1OC. The summed E-state index contributed by atoms with van der Waals surface area (Å²) in [4.78, 5) is 12.2. The first-order valence-corrected chi connectivity index (χ1v) is 7.04. The highest BCUT2D eigenvalue weighted by Gasteiger charge is 2.21. The van der Waals surface area contributed by atoms with Crippen molar-refractivity contribution < 1.29 is 19.0 Å². The molecule has 2 rings (SSSR count). The van der Waals surface area contributed by atoms with Crippen LogP contribution in [-0.4, -0.2) is 39.8 Å². The van der Waals surface area contributed by atoms with Crippen molar-refractivity contribution >= 4 is 11.6 Å². The maximum absolute atomic E-state index is 12.2. The lowest BCUT2D eigenvalue weighted by Crippen LogP contribution is -2.43. The lowest BCUT2D eigenvalue weighted by Gasteiger charge is -2.23. The summed E-state index contributed by atoms with van der Waals surface area (Å²) in [6.07, 6.45) is 3.05. The predicted molar refractivity (Wildman–Crippen MR) is 80.4 cm³/mol. The standard InChI is InChI=1S/C15H22N2O4/c1-19-12-8-10(9-13(20-2)14(12)21-3)17-15(18)11-6-4-5-7-16-11/h8-9,11,16H,4-7H2,1-3H3,(H,17,18). The Bertz CT molecular complexity index is 473. The fourth-order valence-electron chi connectivity index (χ4n) is 2.46. The second-order valence-corrected chi connectivity index (χ2v) is 4.91. The van der Waals surface area contributed by atoms with Gasteiger partial charge in [-0.25, -0.2) is 0 Å². The van der Waals surface area contributed by atoms with Gasteiger partial charge >= 0.3 is 0 Å². The molecule has 6 nitrogen and oxygen atoms in total. The Morgan fingerprint density at radius 2 is 1.81 bits per heavy atom. The third kappa shape index (κ3) is 3.58. The third-order valence-corrected chi connectivity index (χ3v) is 3.56. The van der Waals surface area contributed by atoms with Gasteiger partial charge < -0.3 is 24.8 Å². The first-order valence-electron chi connectivity index (χ1n) is 7.04. The van der Waals surface area contributed by atoms with Crippen LogP contribution in [-0.2, 0) is 4.79 Å². The Balaban J connectivity index is 2.17. The quantitative estimate of drug-likeness (QED) is 0.866. The van der Waals surface area contributed by atoms with Crippen molar-refractivity contribution in [2.24, 2.45) is 0 Å². The summed E-state index contributed by atoms with van der Waals surface area (Å²) in [7, 11) is 4.64. The molecule has 0 radical (unpaired) electrons. The number of anilines is 1. The largest absolute Gasteiger partial charge is 0.493 e. The first-order chi connectivity index (χ1) is 10.2. The van der Waals surface area contributed by atoms with E-state index < -0.39 is 0 Å². The zero-order valence-electron chi connectivity index (χ0n) is 12.7. The summed E-state index contributed by atoms with van der Waals surface area (Å²) in [6, 6.07) is 3.31. The number of benzene rings is 1. The van der Waals surface area contributed by atoms with Gasteiger partial charge in [-0.05, 0) is 19.4 Å². The lowest BCUT2D eigenvalue weighted by atomic mass is 10.0. The van der Waals surface area contributed by atoms with Gasteiger partial charge in [0.15, 0.2) is 11.5 Å². The highest BCUT2D eigenvalue weighted by atomic mass is 16.5. The summed E-state index contributed by atoms with van der Waals surface area (Å²) in [5, 5.41) is 6.12. The van der Waals surface area contributed by atoms with Gasteiger partial charge in [-0.15, -0.1) is 0 Å². The molecular weight excluding hydrogens is 272 g/mol.